The van der Waals surface area contributed by atoms with E-state index in [-0.39, 0.29) is 35.8 Å². The molecule has 0 aromatic heterocycles. The zero-order chi connectivity index (χ0) is 15.7. The van der Waals surface area contributed by atoms with Gasteiger partial charge in [-0.2, -0.15) is 0 Å². The largest absolute Gasteiger partial charge is 0.481 e. The van der Waals surface area contributed by atoms with Crippen LogP contribution in [-0.4, -0.2) is 54.9 Å². The lowest BCUT2D eigenvalue weighted by Gasteiger charge is -2.32. The number of rotatable bonds is 5. The number of sulfone groups is 1. The van der Waals surface area contributed by atoms with Crippen molar-refractivity contribution in [2.45, 2.75) is 39.7 Å². The molecule has 1 saturated heterocycles. The lowest BCUT2D eigenvalue weighted by molar-refractivity contribution is -0.155. The molecule has 0 aliphatic carbocycles. The van der Waals surface area contributed by atoms with Crippen LogP contribution in [0.3, 0.4) is 0 Å². The van der Waals surface area contributed by atoms with Crippen molar-refractivity contribution < 1.29 is 23.1 Å². The van der Waals surface area contributed by atoms with Gasteiger partial charge in [0.1, 0.15) is 0 Å². The molecule has 6 nitrogen and oxygen atoms in total. The van der Waals surface area contributed by atoms with Crippen LogP contribution < -0.4 is 0 Å². The summed E-state index contributed by atoms with van der Waals surface area (Å²) < 4.78 is 22.9. The summed E-state index contributed by atoms with van der Waals surface area (Å²) in [5, 5.41) is 9.32. The zero-order valence-corrected chi connectivity index (χ0v) is 13.2. The summed E-state index contributed by atoms with van der Waals surface area (Å²) in [5.41, 5.74) is -1.14. The summed E-state index contributed by atoms with van der Waals surface area (Å²) >= 11 is 0. The number of nitrogens with zero attached hydrogens (tertiary/aromatic N) is 1. The Balaban J connectivity index is 2.78. The van der Waals surface area contributed by atoms with Crippen LogP contribution in [0.15, 0.2) is 0 Å². The third-order valence-electron chi connectivity index (χ3n) is 4.43. The fourth-order valence-electron chi connectivity index (χ4n) is 2.25. The van der Waals surface area contributed by atoms with Crippen molar-refractivity contribution in [3.8, 4) is 0 Å². The normalized spacial score (nSPS) is 24.4. The first-order valence-corrected chi connectivity index (χ1v) is 8.51. The zero-order valence-electron chi connectivity index (χ0n) is 12.4. The first-order chi connectivity index (χ1) is 8.99. The minimum absolute atomic E-state index is 0.0271. The first kappa shape index (κ1) is 16.9. The highest BCUT2D eigenvalue weighted by molar-refractivity contribution is 7.91. The molecule has 0 aromatic carbocycles. The minimum atomic E-state index is -3.06. The third kappa shape index (κ3) is 3.50. The number of carboxylic acid groups (broad SMARTS) is 1. The maximum absolute atomic E-state index is 12.2. The molecule has 20 heavy (non-hydrogen) atoms. The topological polar surface area (TPSA) is 91.8 Å². The smallest absolute Gasteiger partial charge is 0.310 e. The monoisotopic (exact) mass is 305 g/mol. The van der Waals surface area contributed by atoms with Gasteiger partial charge in [0.15, 0.2) is 9.84 Å². The van der Waals surface area contributed by atoms with Gasteiger partial charge in [-0.3, -0.25) is 9.59 Å². The number of carbonyl (C=O) groups excluding carboxylic acids is 1. The fourth-order valence-corrected chi connectivity index (χ4v) is 4.02. The van der Waals surface area contributed by atoms with Crippen LogP contribution in [0.5, 0.6) is 0 Å². The Morgan fingerprint density at radius 1 is 1.40 bits per heavy atom. The Bertz CT molecular complexity index is 499. The predicted octanol–water partition coefficient (Wildman–Crippen LogP) is 0.769. The van der Waals surface area contributed by atoms with Crippen molar-refractivity contribution in [3.63, 3.8) is 0 Å². The number of aliphatic carboxylic acids is 1. The number of hydrogen-bond acceptors (Lipinski definition) is 4. The SMILES string of the molecule is CC(C)C(C)(CC(=O)N(C)C1CCS(=O)(=O)C1)C(=O)O. The Morgan fingerprint density at radius 2 is 1.95 bits per heavy atom. The second-order valence-electron chi connectivity index (χ2n) is 6.12. The van der Waals surface area contributed by atoms with E-state index in [2.05, 4.69) is 0 Å². The van der Waals surface area contributed by atoms with Gasteiger partial charge in [0, 0.05) is 19.5 Å². The molecule has 0 saturated carbocycles. The van der Waals surface area contributed by atoms with Crippen molar-refractivity contribution in [1.29, 1.82) is 0 Å². The first-order valence-electron chi connectivity index (χ1n) is 6.69. The lowest BCUT2D eigenvalue weighted by Crippen LogP contribution is -2.43. The molecule has 1 N–H and O–H groups in total. The van der Waals surface area contributed by atoms with Gasteiger partial charge in [0.2, 0.25) is 5.91 Å². The van der Waals surface area contributed by atoms with Crippen LogP contribution in [0.4, 0.5) is 0 Å². The lowest BCUT2D eigenvalue weighted by atomic mass is 9.76. The van der Waals surface area contributed by atoms with E-state index in [1.54, 1.807) is 27.8 Å². The Kier molecular flexibility index (Phi) is 4.84. The average Bonchev–Trinajstić information content (AvgIpc) is 2.67. The minimum Gasteiger partial charge on any atom is -0.481 e. The van der Waals surface area contributed by atoms with Gasteiger partial charge in [-0.1, -0.05) is 13.8 Å². The van der Waals surface area contributed by atoms with E-state index in [4.69, 9.17) is 0 Å². The van der Waals surface area contributed by atoms with Crippen molar-refractivity contribution >= 4 is 21.7 Å². The standard InChI is InChI=1S/C13H23NO5S/c1-9(2)13(3,12(16)17)7-11(15)14(4)10-5-6-20(18,19)8-10/h9-10H,5-8H2,1-4H3,(H,16,17). The maximum atomic E-state index is 12.2. The van der Waals surface area contributed by atoms with Crippen molar-refractivity contribution in [2.75, 3.05) is 18.6 Å². The molecule has 0 aromatic rings. The van der Waals surface area contributed by atoms with Crippen molar-refractivity contribution in [2.24, 2.45) is 11.3 Å². The molecular weight excluding hydrogens is 282 g/mol. The molecule has 1 amide bonds. The maximum Gasteiger partial charge on any atom is 0.310 e. The molecule has 1 fully saturated rings. The molecular formula is C13H23NO5S. The molecule has 2 atom stereocenters. The highest BCUT2D eigenvalue weighted by atomic mass is 32.2. The average molecular weight is 305 g/mol. The highest BCUT2D eigenvalue weighted by Crippen LogP contribution is 2.32. The van der Waals surface area contributed by atoms with Gasteiger partial charge in [-0.15, -0.1) is 0 Å². The number of hydrogen-bond donors (Lipinski definition) is 1. The summed E-state index contributed by atoms with van der Waals surface area (Å²) in [6.07, 6.45) is 0.309. The number of amides is 1. The van der Waals surface area contributed by atoms with Gasteiger partial charge in [-0.25, -0.2) is 8.42 Å². The van der Waals surface area contributed by atoms with Gasteiger partial charge in [0.25, 0.3) is 0 Å². The molecule has 1 aliphatic rings. The quantitative estimate of drug-likeness (QED) is 0.810. The molecule has 0 radical (unpaired) electrons. The van der Waals surface area contributed by atoms with E-state index < -0.39 is 21.2 Å². The fraction of sp³-hybridized carbons (Fsp3) is 0.846. The van der Waals surface area contributed by atoms with Crippen LogP contribution in [0, 0.1) is 11.3 Å². The second kappa shape index (κ2) is 5.71. The summed E-state index contributed by atoms with van der Waals surface area (Å²) in [4.78, 5) is 25.0. The van der Waals surface area contributed by atoms with Crippen molar-refractivity contribution in [1.82, 2.24) is 4.90 Å². The highest BCUT2D eigenvalue weighted by Gasteiger charge is 2.41. The molecule has 2 unspecified atom stereocenters. The summed E-state index contributed by atoms with van der Waals surface area (Å²) in [5.74, 6) is -1.44. The molecule has 116 valence electrons. The van der Waals surface area contributed by atoms with Gasteiger partial charge < -0.3 is 10.0 Å². The van der Waals surface area contributed by atoms with E-state index in [1.807, 2.05) is 0 Å². The van der Waals surface area contributed by atoms with Crippen LogP contribution in [0.2, 0.25) is 0 Å². The summed E-state index contributed by atoms with van der Waals surface area (Å²) in [6, 6.07) is -0.335. The van der Waals surface area contributed by atoms with Gasteiger partial charge in [0.05, 0.1) is 16.9 Å². The van der Waals surface area contributed by atoms with E-state index >= 15 is 0 Å². The number of carbonyl (C=O) groups is 2. The Hall–Kier alpha value is -1.11. The van der Waals surface area contributed by atoms with E-state index in [1.165, 1.54) is 4.90 Å². The molecule has 0 spiro atoms. The van der Waals surface area contributed by atoms with Crippen LogP contribution >= 0.6 is 0 Å². The molecule has 0 bridgehead atoms. The van der Waals surface area contributed by atoms with Crippen LogP contribution in [-0.2, 0) is 19.4 Å². The molecule has 7 heteroatoms. The Labute approximate surface area is 120 Å². The predicted molar refractivity (Wildman–Crippen MR) is 75.0 cm³/mol. The van der Waals surface area contributed by atoms with Crippen LogP contribution in [0.1, 0.15) is 33.6 Å². The van der Waals surface area contributed by atoms with Crippen molar-refractivity contribution in [3.05, 3.63) is 0 Å². The molecule has 1 rings (SSSR count). The van der Waals surface area contributed by atoms with Crippen LogP contribution in [0.25, 0.3) is 0 Å². The van der Waals surface area contributed by atoms with E-state index in [0.29, 0.717) is 6.42 Å². The molecule has 1 heterocycles. The number of carboxylic acids is 1. The second-order valence-corrected chi connectivity index (χ2v) is 8.34. The molecule has 1 aliphatic heterocycles. The summed E-state index contributed by atoms with van der Waals surface area (Å²) in [7, 11) is -1.51. The van der Waals surface area contributed by atoms with E-state index in [9.17, 15) is 23.1 Å². The summed E-state index contributed by atoms with van der Waals surface area (Å²) in [6.45, 7) is 5.08. The van der Waals surface area contributed by atoms with Gasteiger partial charge >= 0.3 is 5.97 Å². The Morgan fingerprint density at radius 3 is 2.30 bits per heavy atom. The van der Waals surface area contributed by atoms with Gasteiger partial charge in [-0.05, 0) is 19.3 Å². The third-order valence-corrected chi connectivity index (χ3v) is 6.18. The van der Waals surface area contributed by atoms with E-state index in [0.717, 1.165) is 0 Å².